The van der Waals surface area contributed by atoms with Gasteiger partial charge in [0, 0.05) is 18.6 Å². The second kappa shape index (κ2) is 6.06. The summed E-state index contributed by atoms with van der Waals surface area (Å²) in [6.07, 6.45) is 0.632. The molecule has 1 aliphatic rings. The standard InChI is InChI=1S/C17H26N2O2/c1-11-6-7-13(12(2)8-11)10-18-14-9-15(14)19-16(20)21-17(3,4)5/h6-8,14-15,18H,9-10H2,1-5H3,(H,19,20). The predicted octanol–water partition coefficient (Wildman–Crippen LogP) is 3.06. The summed E-state index contributed by atoms with van der Waals surface area (Å²) in [5.41, 5.74) is 3.46. The number of benzene rings is 1. The summed E-state index contributed by atoms with van der Waals surface area (Å²) in [5, 5.41) is 6.38. The van der Waals surface area contributed by atoms with E-state index in [0.717, 1.165) is 13.0 Å². The van der Waals surface area contributed by atoms with Crippen LogP contribution in [-0.4, -0.2) is 23.8 Å². The second-order valence-electron chi connectivity index (χ2n) is 6.91. The van der Waals surface area contributed by atoms with E-state index in [2.05, 4.69) is 42.7 Å². The van der Waals surface area contributed by atoms with Gasteiger partial charge in [-0.25, -0.2) is 4.79 Å². The average molecular weight is 290 g/mol. The van der Waals surface area contributed by atoms with Crippen molar-refractivity contribution in [1.82, 2.24) is 10.6 Å². The van der Waals surface area contributed by atoms with Crippen LogP contribution in [0.15, 0.2) is 18.2 Å². The monoisotopic (exact) mass is 290 g/mol. The summed E-state index contributed by atoms with van der Waals surface area (Å²) in [4.78, 5) is 11.7. The minimum Gasteiger partial charge on any atom is -0.444 e. The molecule has 1 aliphatic carbocycles. The summed E-state index contributed by atoms with van der Waals surface area (Å²) in [7, 11) is 0. The lowest BCUT2D eigenvalue weighted by Gasteiger charge is -2.19. The summed E-state index contributed by atoms with van der Waals surface area (Å²) in [5.74, 6) is 0. The molecule has 1 fully saturated rings. The molecule has 1 aromatic rings. The molecule has 0 aliphatic heterocycles. The molecule has 0 radical (unpaired) electrons. The van der Waals surface area contributed by atoms with Crippen LogP contribution in [0.4, 0.5) is 4.79 Å². The van der Waals surface area contributed by atoms with Crippen molar-refractivity contribution in [1.29, 1.82) is 0 Å². The second-order valence-corrected chi connectivity index (χ2v) is 6.91. The first kappa shape index (κ1) is 15.8. The van der Waals surface area contributed by atoms with Gasteiger partial charge < -0.3 is 15.4 Å². The minimum atomic E-state index is -0.444. The maximum Gasteiger partial charge on any atom is 0.407 e. The van der Waals surface area contributed by atoms with Crippen molar-refractivity contribution in [2.45, 2.75) is 65.3 Å². The Morgan fingerprint density at radius 3 is 2.62 bits per heavy atom. The molecule has 116 valence electrons. The van der Waals surface area contributed by atoms with Crippen LogP contribution in [0.25, 0.3) is 0 Å². The van der Waals surface area contributed by atoms with E-state index in [9.17, 15) is 4.79 Å². The molecule has 2 atom stereocenters. The number of amides is 1. The van der Waals surface area contributed by atoms with Crippen molar-refractivity contribution in [3.8, 4) is 0 Å². The highest BCUT2D eigenvalue weighted by Gasteiger charge is 2.38. The van der Waals surface area contributed by atoms with Crippen LogP contribution in [0, 0.1) is 13.8 Å². The Kier molecular flexibility index (Phi) is 4.57. The molecule has 1 amide bonds. The number of carbonyl (C=O) groups is 1. The van der Waals surface area contributed by atoms with Gasteiger partial charge in [-0.05, 0) is 52.2 Å². The normalized spacial score (nSPS) is 21.0. The molecule has 2 unspecified atom stereocenters. The number of aryl methyl sites for hydroxylation is 2. The molecule has 0 aromatic heterocycles. The third-order valence-electron chi connectivity index (χ3n) is 3.55. The van der Waals surface area contributed by atoms with E-state index in [1.54, 1.807) is 0 Å². The summed E-state index contributed by atoms with van der Waals surface area (Å²) >= 11 is 0. The van der Waals surface area contributed by atoms with Gasteiger partial charge >= 0.3 is 6.09 Å². The zero-order valence-electron chi connectivity index (χ0n) is 13.6. The Balaban J connectivity index is 1.74. The molecule has 2 rings (SSSR count). The van der Waals surface area contributed by atoms with E-state index >= 15 is 0 Å². The van der Waals surface area contributed by atoms with Gasteiger partial charge in [-0.1, -0.05) is 23.8 Å². The van der Waals surface area contributed by atoms with Crippen molar-refractivity contribution in [3.63, 3.8) is 0 Å². The van der Waals surface area contributed by atoms with Crippen LogP contribution in [0.3, 0.4) is 0 Å². The molecule has 0 spiro atoms. The quantitative estimate of drug-likeness (QED) is 0.896. The maximum absolute atomic E-state index is 11.7. The van der Waals surface area contributed by atoms with Gasteiger partial charge in [0.25, 0.3) is 0 Å². The SMILES string of the molecule is Cc1ccc(CNC2CC2NC(=O)OC(C)(C)C)c(C)c1. The molecule has 2 N–H and O–H groups in total. The highest BCUT2D eigenvalue weighted by Crippen LogP contribution is 2.23. The molecule has 4 nitrogen and oxygen atoms in total. The fraction of sp³-hybridized carbons (Fsp3) is 0.588. The number of rotatable bonds is 4. The topological polar surface area (TPSA) is 50.4 Å². The zero-order chi connectivity index (χ0) is 15.6. The van der Waals surface area contributed by atoms with Crippen molar-refractivity contribution in [3.05, 3.63) is 34.9 Å². The van der Waals surface area contributed by atoms with Crippen molar-refractivity contribution < 1.29 is 9.53 Å². The summed E-state index contributed by atoms with van der Waals surface area (Å²) in [6.45, 7) is 10.7. The van der Waals surface area contributed by atoms with E-state index in [4.69, 9.17) is 4.74 Å². The number of ether oxygens (including phenoxy) is 1. The predicted molar refractivity (Wildman–Crippen MR) is 84.3 cm³/mol. The van der Waals surface area contributed by atoms with Crippen LogP contribution in [-0.2, 0) is 11.3 Å². The van der Waals surface area contributed by atoms with E-state index < -0.39 is 5.60 Å². The van der Waals surface area contributed by atoms with Gasteiger partial charge in [-0.3, -0.25) is 0 Å². The van der Waals surface area contributed by atoms with Gasteiger partial charge in [0.2, 0.25) is 0 Å². The van der Waals surface area contributed by atoms with Crippen LogP contribution < -0.4 is 10.6 Å². The Labute approximate surface area is 127 Å². The summed E-state index contributed by atoms with van der Waals surface area (Å²) < 4.78 is 5.25. The molecular weight excluding hydrogens is 264 g/mol. The van der Waals surface area contributed by atoms with Crippen LogP contribution in [0.5, 0.6) is 0 Å². The van der Waals surface area contributed by atoms with Gasteiger partial charge in [-0.2, -0.15) is 0 Å². The molecule has 0 saturated heterocycles. The fourth-order valence-electron chi connectivity index (χ4n) is 2.32. The first-order valence-corrected chi connectivity index (χ1v) is 7.53. The number of hydrogen-bond donors (Lipinski definition) is 2. The number of carbonyl (C=O) groups excluding carboxylic acids is 1. The molecule has 1 saturated carbocycles. The number of hydrogen-bond acceptors (Lipinski definition) is 3. The van der Waals surface area contributed by atoms with Gasteiger partial charge in [0.05, 0.1) is 0 Å². The maximum atomic E-state index is 11.7. The highest BCUT2D eigenvalue weighted by atomic mass is 16.6. The lowest BCUT2D eigenvalue weighted by molar-refractivity contribution is 0.0522. The van der Waals surface area contributed by atoms with Crippen molar-refractivity contribution >= 4 is 6.09 Å². The van der Waals surface area contributed by atoms with Gasteiger partial charge in [0.15, 0.2) is 0 Å². The minimum absolute atomic E-state index is 0.186. The van der Waals surface area contributed by atoms with Crippen molar-refractivity contribution in [2.75, 3.05) is 0 Å². The lowest BCUT2D eigenvalue weighted by atomic mass is 10.1. The highest BCUT2D eigenvalue weighted by molar-refractivity contribution is 5.68. The number of alkyl carbamates (subject to hydrolysis) is 1. The average Bonchev–Trinajstić information content (AvgIpc) is 3.03. The fourth-order valence-corrected chi connectivity index (χ4v) is 2.32. The molecular formula is C17H26N2O2. The first-order chi connectivity index (χ1) is 9.74. The third-order valence-corrected chi connectivity index (χ3v) is 3.55. The molecule has 0 bridgehead atoms. The summed E-state index contributed by atoms with van der Waals surface area (Å²) in [6, 6.07) is 7.02. The number of nitrogens with one attached hydrogen (secondary N) is 2. The molecule has 1 aromatic carbocycles. The Bertz CT molecular complexity index is 520. The van der Waals surface area contributed by atoms with Gasteiger partial charge in [0.1, 0.15) is 5.60 Å². The van der Waals surface area contributed by atoms with E-state index in [-0.39, 0.29) is 12.1 Å². The zero-order valence-corrected chi connectivity index (χ0v) is 13.6. The van der Waals surface area contributed by atoms with Crippen LogP contribution >= 0.6 is 0 Å². The smallest absolute Gasteiger partial charge is 0.407 e. The van der Waals surface area contributed by atoms with E-state index in [1.807, 2.05) is 20.8 Å². The Morgan fingerprint density at radius 1 is 1.29 bits per heavy atom. The lowest BCUT2D eigenvalue weighted by Crippen LogP contribution is -2.36. The van der Waals surface area contributed by atoms with E-state index in [1.165, 1.54) is 16.7 Å². The molecule has 21 heavy (non-hydrogen) atoms. The van der Waals surface area contributed by atoms with Crippen LogP contribution in [0.2, 0.25) is 0 Å². The van der Waals surface area contributed by atoms with Crippen LogP contribution in [0.1, 0.15) is 43.9 Å². The molecule has 0 heterocycles. The Hall–Kier alpha value is -1.55. The largest absolute Gasteiger partial charge is 0.444 e. The Morgan fingerprint density at radius 2 is 2.00 bits per heavy atom. The van der Waals surface area contributed by atoms with E-state index in [0.29, 0.717) is 6.04 Å². The van der Waals surface area contributed by atoms with Crippen molar-refractivity contribution in [2.24, 2.45) is 0 Å². The third kappa shape index (κ3) is 5.05. The van der Waals surface area contributed by atoms with Gasteiger partial charge in [-0.15, -0.1) is 0 Å². The molecule has 4 heteroatoms. The first-order valence-electron chi connectivity index (χ1n) is 7.53.